The number of nitrogens with one attached hydrogen (secondary N) is 1. The minimum atomic E-state index is -0.00454. The summed E-state index contributed by atoms with van der Waals surface area (Å²) in [6.45, 7) is 5.19. The van der Waals surface area contributed by atoms with Crippen molar-refractivity contribution in [1.29, 1.82) is 0 Å². The van der Waals surface area contributed by atoms with E-state index in [0.29, 0.717) is 25.1 Å². The average Bonchev–Trinajstić information content (AvgIpc) is 2.18. The van der Waals surface area contributed by atoms with Gasteiger partial charge in [-0.05, 0) is 32.6 Å². The number of hydrogen-bond acceptors (Lipinski definition) is 3. The van der Waals surface area contributed by atoms with Crippen LogP contribution in [-0.4, -0.2) is 29.8 Å². The Labute approximate surface area is 87.1 Å². The SMILES string of the molecule is CC(C)(CN)NC1CCCCC1CO. The van der Waals surface area contributed by atoms with E-state index in [0.717, 1.165) is 6.42 Å². The highest BCUT2D eigenvalue weighted by Crippen LogP contribution is 2.25. The van der Waals surface area contributed by atoms with Crippen LogP contribution in [0.2, 0.25) is 0 Å². The molecule has 4 N–H and O–H groups in total. The highest BCUT2D eigenvalue weighted by molar-refractivity contribution is 4.88. The Morgan fingerprint density at radius 1 is 1.36 bits per heavy atom. The third-order valence-electron chi connectivity index (χ3n) is 3.23. The lowest BCUT2D eigenvalue weighted by atomic mass is 9.83. The average molecular weight is 200 g/mol. The maximum atomic E-state index is 9.26. The fourth-order valence-electron chi connectivity index (χ4n) is 2.18. The highest BCUT2D eigenvalue weighted by Gasteiger charge is 2.28. The summed E-state index contributed by atoms with van der Waals surface area (Å²) in [5.41, 5.74) is 5.68. The smallest absolute Gasteiger partial charge is 0.0474 e. The molecule has 0 radical (unpaired) electrons. The van der Waals surface area contributed by atoms with Gasteiger partial charge in [0.2, 0.25) is 0 Å². The first-order chi connectivity index (χ1) is 6.59. The quantitative estimate of drug-likeness (QED) is 0.631. The van der Waals surface area contributed by atoms with Gasteiger partial charge in [-0.15, -0.1) is 0 Å². The molecule has 1 rings (SSSR count). The molecule has 1 saturated carbocycles. The van der Waals surface area contributed by atoms with Crippen molar-refractivity contribution in [2.75, 3.05) is 13.2 Å². The molecule has 0 aliphatic heterocycles. The Bertz CT molecular complexity index is 171. The van der Waals surface area contributed by atoms with E-state index < -0.39 is 0 Å². The molecule has 0 spiro atoms. The normalized spacial score (nSPS) is 29.1. The third kappa shape index (κ3) is 3.23. The molecule has 0 aromatic carbocycles. The van der Waals surface area contributed by atoms with Crippen LogP contribution in [0.3, 0.4) is 0 Å². The molecule has 3 heteroatoms. The molecule has 0 bridgehead atoms. The molecule has 1 aliphatic rings. The van der Waals surface area contributed by atoms with E-state index in [1.165, 1.54) is 19.3 Å². The number of rotatable bonds is 4. The molecule has 1 aliphatic carbocycles. The van der Waals surface area contributed by atoms with Crippen LogP contribution in [0.25, 0.3) is 0 Å². The Hall–Kier alpha value is -0.120. The van der Waals surface area contributed by atoms with Gasteiger partial charge < -0.3 is 16.2 Å². The maximum Gasteiger partial charge on any atom is 0.0474 e. The molecular formula is C11H24N2O. The van der Waals surface area contributed by atoms with Crippen LogP contribution in [0.5, 0.6) is 0 Å². The van der Waals surface area contributed by atoms with Crippen LogP contribution in [0.1, 0.15) is 39.5 Å². The van der Waals surface area contributed by atoms with Crippen molar-refractivity contribution in [3.8, 4) is 0 Å². The lowest BCUT2D eigenvalue weighted by Gasteiger charge is -2.37. The molecule has 0 heterocycles. The lowest BCUT2D eigenvalue weighted by Crippen LogP contribution is -2.54. The fraction of sp³-hybridized carbons (Fsp3) is 1.00. The van der Waals surface area contributed by atoms with Crippen molar-refractivity contribution >= 4 is 0 Å². The maximum absolute atomic E-state index is 9.26. The topological polar surface area (TPSA) is 58.3 Å². The first-order valence-electron chi connectivity index (χ1n) is 5.67. The van der Waals surface area contributed by atoms with E-state index in [1.807, 2.05) is 0 Å². The van der Waals surface area contributed by atoms with Crippen LogP contribution in [0.4, 0.5) is 0 Å². The standard InChI is InChI=1S/C11H24N2O/c1-11(2,8-12)13-10-6-4-3-5-9(10)7-14/h9-10,13-14H,3-8,12H2,1-2H3. The molecule has 0 amide bonds. The summed E-state index contributed by atoms with van der Waals surface area (Å²) < 4.78 is 0. The first kappa shape index (κ1) is 12.0. The monoisotopic (exact) mass is 200 g/mol. The largest absolute Gasteiger partial charge is 0.396 e. The molecule has 1 fully saturated rings. The summed E-state index contributed by atoms with van der Waals surface area (Å²) in [6.07, 6.45) is 4.85. The molecule has 0 aromatic rings. The minimum Gasteiger partial charge on any atom is -0.396 e. The highest BCUT2D eigenvalue weighted by atomic mass is 16.3. The van der Waals surface area contributed by atoms with Crippen molar-refractivity contribution in [3.05, 3.63) is 0 Å². The van der Waals surface area contributed by atoms with E-state index in [9.17, 15) is 5.11 Å². The van der Waals surface area contributed by atoms with E-state index in [4.69, 9.17) is 5.73 Å². The summed E-state index contributed by atoms with van der Waals surface area (Å²) in [4.78, 5) is 0. The zero-order valence-corrected chi connectivity index (χ0v) is 9.42. The number of hydrogen-bond donors (Lipinski definition) is 3. The molecule has 3 nitrogen and oxygen atoms in total. The van der Waals surface area contributed by atoms with Crippen LogP contribution < -0.4 is 11.1 Å². The van der Waals surface area contributed by atoms with E-state index in [2.05, 4.69) is 19.2 Å². The van der Waals surface area contributed by atoms with E-state index in [1.54, 1.807) is 0 Å². The van der Waals surface area contributed by atoms with Crippen LogP contribution >= 0.6 is 0 Å². The van der Waals surface area contributed by atoms with Gasteiger partial charge in [0.25, 0.3) is 0 Å². The van der Waals surface area contributed by atoms with Gasteiger partial charge in [0.1, 0.15) is 0 Å². The van der Waals surface area contributed by atoms with Gasteiger partial charge in [0, 0.05) is 24.7 Å². The van der Waals surface area contributed by atoms with Gasteiger partial charge in [-0.3, -0.25) is 0 Å². The Morgan fingerprint density at radius 3 is 2.57 bits per heavy atom. The van der Waals surface area contributed by atoms with Gasteiger partial charge in [-0.25, -0.2) is 0 Å². The second-order valence-corrected chi connectivity index (χ2v) is 5.07. The number of nitrogens with two attached hydrogens (primary N) is 1. The van der Waals surface area contributed by atoms with Gasteiger partial charge >= 0.3 is 0 Å². The zero-order valence-electron chi connectivity index (χ0n) is 9.42. The van der Waals surface area contributed by atoms with Crippen molar-refractivity contribution in [3.63, 3.8) is 0 Å². The Morgan fingerprint density at radius 2 is 2.00 bits per heavy atom. The number of aliphatic hydroxyl groups is 1. The number of aliphatic hydroxyl groups excluding tert-OH is 1. The van der Waals surface area contributed by atoms with Crippen molar-refractivity contribution < 1.29 is 5.11 Å². The zero-order chi connectivity index (χ0) is 10.6. The summed E-state index contributed by atoms with van der Waals surface area (Å²) in [5, 5.41) is 12.8. The molecule has 2 atom stereocenters. The molecule has 0 aromatic heterocycles. The Kier molecular flexibility index (Phi) is 4.35. The predicted octanol–water partition coefficient (Wildman–Crippen LogP) is 0.864. The first-order valence-corrected chi connectivity index (χ1v) is 5.67. The van der Waals surface area contributed by atoms with Gasteiger partial charge in [-0.1, -0.05) is 12.8 Å². The molecule has 2 unspecified atom stereocenters. The minimum absolute atomic E-state index is 0.00454. The van der Waals surface area contributed by atoms with Crippen molar-refractivity contribution in [2.45, 2.75) is 51.1 Å². The fourth-order valence-corrected chi connectivity index (χ4v) is 2.18. The molecule has 0 saturated heterocycles. The molecule has 84 valence electrons. The lowest BCUT2D eigenvalue weighted by molar-refractivity contribution is 0.135. The van der Waals surface area contributed by atoms with Crippen molar-refractivity contribution in [1.82, 2.24) is 5.32 Å². The summed E-state index contributed by atoms with van der Waals surface area (Å²) in [6, 6.07) is 0.451. The van der Waals surface area contributed by atoms with Crippen molar-refractivity contribution in [2.24, 2.45) is 11.7 Å². The van der Waals surface area contributed by atoms with Gasteiger partial charge in [0.15, 0.2) is 0 Å². The van der Waals surface area contributed by atoms with E-state index in [-0.39, 0.29) is 5.54 Å². The van der Waals surface area contributed by atoms with Gasteiger partial charge in [0.05, 0.1) is 0 Å². The molecule has 14 heavy (non-hydrogen) atoms. The summed E-state index contributed by atoms with van der Waals surface area (Å²) in [5.74, 6) is 0.426. The van der Waals surface area contributed by atoms with Gasteiger partial charge in [-0.2, -0.15) is 0 Å². The Balaban J connectivity index is 2.48. The third-order valence-corrected chi connectivity index (χ3v) is 3.23. The van der Waals surface area contributed by atoms with Crippen LogP contribution in [0.15, 0.2) is 0 Å². The second kappa shape index (κ2) is 5.10. The summed E-state index contributed by atoms with van der Waals surface area (Å²) >= 11 is 0. The van der Waals surface area contributed by atoms with Crippen LogP contribution in [-0.2, 0) is 0 Å². The van der Waals surface area contributed by atoms with E-state index >= 15 is 0 Å². The molecular weight excluding hydrogens is 176 g/mol. The predicted molar refractivity (Wildman–Crippen MR) is 59.1 cm³/mol. The second-order valence-electron chi connectivity index (χ2n) is 5.07. The summed E-state index contributed by atoms with van der Waals surface area (Å²) in [7, 11) is 0. The van der Waals surface area contributed by atoms with Crippen LogP contribution in [0, 0.1) is 5.92 Å².